The molecular weight excluding hydrogens is 414 g/mol. The van der Waals surface area contributed by atoms with Gasteiger partial charge in [-0.3, -0.25) is 0 Å². The van der Waals surface area contributed by atoms with Crippen molar-refractivity contribution in [3.8, 4) is 5.75 Å². The van der Waals surface area contributed by atoms with Crippen LogP contribution < -0.4 is 10.1 Å². The lowest BCUT2D eigenvalue weighted by Gasteiger charge is -2.11. The van der Waals surface area contributed by atoms with E-state index in [1.54, 1.807) is 47.0 Å². The van der Waals surface area contributed by atoms with Gasteiger partial charge in [0.2, 0.25) is 0 Å². The highest BCUT2D eigenvalue weighted by molar-refractivity contribution is 5.98. The second-order valence-electron chi connectivity index (χ2n) is 7.42. The van der Waals surface area contributed by atoms with Gasteiger partial charge in [-0.25, -0.2) is 13.6 Å². The van der Waals surface area contributed by atoms with E-state index >= 15 is 0 Å². The lowest BCUT2D eigenvalue weighted by atomic mass is 10.1. The van der Waals surface area contributed by atoms with Crippen LogP contribution in [0.25, 0.3) is 10.9 Å². The predicted octanol–water partition coefficient (Wildman–Crippen LogP) is 4.96. The van der Waals surface area contributed by atoms with Gasteiger partial charge in [-0.05, 0) is 35.9 Å². The molecule has 5 nitrogen and oxygen atoms in total. The largest absolute Gasteiger partial charge is 0.497 e. The van der Waals surface area contributed by atoms with Gasteiger partial charge in [0.1, 0.15) is 23.1 Å². The minimum Gasteiger partial charge on any atom is -0.497 e. The van der Waals surface area contributed by atoms with E-state index in [2.05, 4.69) is 5.32 Å². The number of nitrogens with one attached hydrogen (secondary N) is 1. The number of carboxylic acids is 1. The molecule has 2 N–H and O–H groups in total. The normalized spacial score (nSPS) is 11.1. The van der Waals surface area contributed by atoms with Gasteiger partial charge in [0.05, 0.1) is 19.2 Å². The first-order chi connectivity index (χ1) is 15.5. The second-order valence-corrected chi connectivity index (χ2v) is 7.42. The molecular formula is C25H22F2N2O3. The number of carboxylic acid groups (broad SMARTS) is 1. The number of benzene rings is 3. The Morgan fingerprint density at radius 3 is 2.47 bits per heavy atom. The van der Waals surface area contributed by atoms with Gasteiger partial charge in [-0.2, -0.15) is 0 Å². The molecule has 1 heterocycles. The van der Waals surface area contributed by atoms with E-state index in [1.807, 2.05) is 6.07 Å². The van der Waals surface area contributed by atoms with Crippen molar-refractivity contribution < 1.29 is 23.4 Å². The Hall–Kier alpha value is -3.71. The zero-order valence-electron chi connectivity index (χ0n) is 17.4. The number of carbonyl (C=O) groups is 1. The summed E-state index contributed by atoms with van der Waals surface area (Å²) < 4.78 is 34.4. The number of halogens is 2. The average Bonchev–Trinajstić information content (AvgIpc) is 3.09. The molecule has 7 heteroatoms. The van der Waals surface area contributed by atoms with E-state index in [4.69, 9.17) is 4.74 Å². The van der Waals surface area contributed by atoms with Crippen LogP contribution >= 0.6 is 0 Å². The van der Waals surface area contributed by atoms with Crippen molar-refractivity contribution in [1.82, 2.24) is 9.88 Å². The highest BCUT2D eigenvalue weighted by atomic mass is 19.1. The smallest absolute Gasteiger partial charge is 0.352 e. The SMILES string of the molecule is COc1ccc2c(CNCc3ccc(F)cc3)c(C(=O)O)n(Cc3ccccc3F)c2c1. The van der Waals surface area contributed by atoms with Crippen LogP contribution in [0.1, 0.15) is 27.2 Å². The summed E-state index contributed by atoms with van der Waals surface area (Å²) in [7, 11) is 1.54. The quantitative estimate of drug-likeness (QED) is 0.410. The lowest BCUT2D eigenvalue weighted by molar-refractivity contribution is 0.0684. The Bertz CT molecular complexity index is 1270. The van der Waals surface area contributed by atoms with E-state index in [0.29, 0.717) is 28.9 Å². The minimum atomic E-state index is -1.10. The number of methoxy groups -OCH3 is 1. The topological polar surface area (TPSA) is 63.5 Å². The summed E-state index contributed by atoms with van der Waals surface area (Å²) in [5.41, 5.74) is 2.58. The molecule has 164 valence electrons. The molecule has 0 fully saturated rings. The van der Waals surface area contributed by atoms with Gasteiger partial charge in [0.15, 0.2) is 0 Å². The third-order valence-electron chi connectivity index (χ3n) is 5.41. The van der Waals surface area contributed by atoms with Gasteiger partial charge in [-0.1, -0.05) is 30.3 Å². The first kappa shape index (κ1) is 21.5. The third kappa shape index (κ3) is 4.33. The fourth-order valence-corrected chi connectivity index (χ4v) is 3.85. The van der Waals surface area contributed by atoms with Gasteiger partial charge < -0.3 is 19.7 Å². The van der Waals surface area contributed by atoms with Crippen LogP contribution in [0.5, 0.6) is 5.75 Å². The van der Waals surface area contributed by atoms with E-state index < -0.39 is 11.8 Å². The number of hydrogen-bond acceptors (Lipinski definition) is 3. The molecule has 0 radical (unpaired) electrons. The maximum atomic E-state index is 14.4. The first-order valence-electron chi connectivity index (χ1n) is 10.1. The summed E-state index contributed by atoms with van der Waals surface area (Å²) in [6.07, 6.45) is 0. The van der Waals surface area contributed by atoms with Crippen molar-refractivity contribution in [2.24, 2.45) is 0 Å². The lowest BCUT2D eigenvalue weighted by Crippen LogP contribution is -2.17. The van der Waals surface area contributed by atoms with Crippen LogP contribution in [-0.2, 0) is 19.6 Å². The van der Waals surface area contributed by atoms with Crippen LogP contribution in [0.2, 0.25) is 0 Å². The van der Waals surface area contributed by atoms with Crippen molar-refractivity contribution >= 4 is 16.9 Å². The van der Waals surface area contributed by atoms with Gasteiger partial charge in [-0.15, -0.1) is 0 Å². The number of fused-ring (bicyclic) bond motifs is 1. The van der Waals surface area contributed by atoms with Gasteiger partial charge >= 0.3 is 5.97 Å². The number of aromatic nitrogens is 1. The van der Waals surface area contributed by atoms with Crippen LogP contribution in [-0.4, -0.2) is 22.8 Å². The summed E-state index contributed by atoms with van der Waals surface area (Å²) in [5.74, 6) is -1.24. The Balaban J connectivity index is 1.75. The van der Waals surface area contributed by atoms with Crippen molar-refractivity contribution in [2.75, 3.05) is 7.11 Å². The van der Waals surface area contributed by atoms with E-state index in [-0.39, 0.29) is 24.6 Å². The zero-order valence-corrected chi connectivity index (χ0v) is 17.4. The highest BCUT2D eigenvalue weighted by Gasteiger charge is 2.23. The first-order valence-corrected chi connectivity index (χ1v) is 10.1. The maximum absolute atomic E-state index is 14.4. The zero-order chi connectivity index (χ0) is 22.7. The van der Waals surface area contributed by atoms with E-state index in [0.717, 1.165) is 10.9 Å². The molecule has 0 bridgehead atoms. The number of nitrogens with zero attached hydrogens (tertiary/aromatic N) is 1. The monoisotopic (exact) mass is 436 g/mol. The number of rotatable bonds is 8. The van der Waals surface area contributed by atoms with Crippen molar-refractivity contribution in [3.63, 3.8) is 0 Å². The fourth-order valence-electron chi connectivity index (χ4n) is 3.85. The number of aromatic carboxylic acids is 1. The predicted molar refractivity (Wildman–Crippen MR) is 118 cm³/mol. The maximum Gasteiger partial charge on any atom is 0.352 e. The molecule has 0 aliphatic rings. The molecule has 0 saturated carbocycles. The Labute approximate surface area is 183 Å². The molecule has 1 aromatic heterocycles. The molecule has 0 atom stereocenters. The molecule has 0 aliphatic carbocycles. The molecule has 0 aliphatic heterocycles. The number of hydrogen-bond donors (Lipinski definition) is 2. The van der Waals surface area contributed by atoms with Crippen LogP contribution in [0, 0.1) is 11.6 Å². The average molecular weight is 436 g/mol. The van der Waals surface area contributed by atoms with Crippen LogP contribution in [0.3, 0.4) is 0 Å². The minimum absolute atomic E-state index is 0.0654. The summed E-state index contributed by atoms with van der Waals surface area (Å²) >= 11 is 0. The second kappa shape index (κ2) is 9.20. The van der Waals surface area contributed by atoms with Crippen LogP contribution in [0.15, 0.2) is 66.7 Å². The van der Waals surface area contributed by atoms with Crippen molar-refractivity contribution in [3.05, 3.63) is 101 Å². The molecule has 4 rings (SSSR count). The van der Waals surface area contributed by atoms with Crippen LogP contribution in [0.4, 0.5) is 8.78 Å². The molecule has 3 aromatic carbocycles. The highest BCUT2D eigenvalue weighted by Crippen LogP contribution is 2.31. The van der Waals surface area contributed by atoms with Crippen molar-refractivity contribution in [1.29, 1.82) is 0 Å². The molecule has 0 unspecified atom stereocenters. The van der Waals surface area contributed by atoms with Gasteiger partial charge in [0.25, 0.3) is 0 Å². The van der Waals surface area contributed by atoms with Crippen molar-refractivity contribution in [2.45, 2.75) is 19.6 Å². The molecule has 4 aromatic rings. The summed E-state index contributed by atoms with van der Waals surface area (Å²) in [6.45, 7) is 0.775. The fraction of sp³-hybridized carbons (Fsp3) is 0.160. The summed E-state index contributed by atoms with van der Waals surface area (Å²) in [5, 5.41) is 14.0. The summed E-state index contributed by atoms with van der Waals surface area (Å²) in [4.78, 5) is 12.3. The van der Waals surface area contributed by atoms with E-state index in [9.17, 15) is 18.7 Å². The molecule has 0 spiro atoms. The molecule has 0 saturated heterocycles. The number of ether oxygens (including phenoxy) is 1. The summed E-state index contributed by atoms with van der Waals surface area (Å²) in [6, 6.07) is 17.8. The standard InChI is InChI=1S/C25H22F2N2O3/c1-32-19-10-11-20-21(14-28-13-16-6-8-18(26)9-7-16)24(25(30)31)29(23(20)12-19)15-17-4-2-3-5-22(17)27/h2-12,28H,13-15H2,1H3,(H,30,31). The Morgan fingerprint density at radius 2 is 1.78 bits per heavy atom. The Kier molecular flexibility index (Phi) is 6.18. The third-order valence-corrected chi connectivity index (χ3v) is 5.41. The van der Waals surface area contributed by atoms with E-state index in [1.165, 1.54) is 25.3 Å². The molecule has 32 heavy (non-hydrogen) atoms. The van der Waals surface area contributed by atoms with Gasteiger partial charge in [0, 0.05) is 35.7 Å². The molecule has 0 amide bonds. The Morgan fingerprint density at radius 1 is 1.03 bits per heavy atom.